The first kappa shape index (κ1) is 21.5. The number of rotatable bonds is 8. The van der Waals surface area contributed by atoms with Gasteiger partial charge in [0.1, 0.15) is 5.75 Å². The van der Waals surface area contributed by atoms with Crippen LogP contribution in [0.3, 0.4) is 0 Å². The molecule has 2 aromatic carbocycles. The Kier molecular flexibility index (Phi) is 7.04. The second kappa shape index (κ2) is 9.51. The normalized spacial score (nSPS) is 11.4. The maximum absolute atomic E-state index is 6.09. The molecule has 0 N–H and O–H groups in total. The van der Waals surface area contributed by atoms with E-state index in [1.165, 1.54) is 28.2 Å². The van der Waals surface area contributed by atoms with Crippen molar-refractivity contribution < 1.29 is 4.74 Å². The molecule has 0 unspecified atom stereocenters. The Morgan fingerprint density at radius 3 is 2.41 bits per heavy atom. The number of ether oxygens (including phenoxy) is 1. The maximum Gasteiger partial charge on any atom is 0.299 e. The van der Waals surface area contributed by atoms with E-state index >= 15 is 0 Å². The van der Waals surface area contributed by atoms with Crippen LogP contribution in [-0.2, 0) is 6.42 Å². The van der Waals surface area contributed by atoms with Crippen LogP contribution in [0.5, 0.6) is 10.9 Å². The van der Waals surface area contributed by atoms with Crippen molar-refractivity contribution >= 4 is 11.5 Å². The van der Waals surface area contributed by atoms with Gasteiger partial charge in [-0.2, -0.15) is 9.36 Å². The summed E-state index contributed by atoms with van der Waals surface area (Å²) in [5.41, 5.74) is 6.00. The molecule has 154 valence electrons. The molecule has 0 bridgehead atoms. The zero-order chi connectivity index (χ0) is 21.0. The molecule has 0 amide bonds. The summed E-state index contributed by atoms with van der Waals surface area (Å²) >= 11 is 1.29. The minimum absolute atomic E-state index is 0.573. The van der Waals surface area contributed by atoms with Crippen molar-refractivity contribution in [2.24, 2.45) is 0 Å². The van der Waals surface area contributed by atoms with Gasteiger partial charge in [-0.25, -0.2) is 0 Å². The summed E-state index contributed by atoms with van der Waals surface area (Å²) in [6, 6.07) is 13.2. The molecule has 1 aromatic heterocycles. The summed E-state index contributed by atoms with van der Waals surface area (Å²) in [5, 5.41) is 0.577. The third kappa shape index (κ3) is 5.43. The molecule has 0 aliphatic rings. The van der Waals surface area contributed by atoms with E-state index in [-0.39, 0.29) is 0 Å². The van der Waals surface area contributed by atoms with E-state index in [0.29, 0.717) is 17.1 Å². The number of hydrogen-bond acceptors (Lipinski definition) is 5. The summed E-state index contributed by atoms with van der Waals surface area (Å²) in [5.74, 6) is 1.57. The summed E-state index contributed by atoms with van der Waals surface area (Å²) in [7, 11) is 0. The van der Waals surface area contributed by atoms with Crippen molar-refractivity contribution in [2.75, 3.05) is 13.1 Å². The van der Waals surface area contributed by atoms with Gasteiger partial charge in [-0.1, -0.05) is 42.8 Å². The molecule has 0 aliphatic carbocycles. The lowest BCUT2D eigenvalue weighted by atomic mass is 10.0. The smallest absolute Gasteiger partial charge is 0.299 e. The van der Waals surface area contributed by atoms with Gasteiger partial charge in [-0.05, 0) is 70.3 Å². The third-order valence-corrected chi connectivity index (χ3v) is 5.95. The second-order valence-electron chi connectivity index (χ2n) is 7.87. The number of aryl methyl sites for hydroxylation is 3. The molecular weight excluding hydrogens is 378 g/mol. The number of likely N-dealkylation sites (N-methyl/N-ethyl adjacent to an activating group) is 1. The van der Waals surface area contributed by atoms with Gasteiger partial charge in [0.2, 0.25) is 0 Å². The number of nitrogens with zero attached hydrogens (tertiary/aromatic N) is 3. The standard InChI is InChI=1S/C24H31N3OS/c1-7-27(16(2)3)13-12-21-14-19(6)22(15-18(21)5)28-24-25-23(26-29-24)20-10-8-17(4)9-11-20/h8-11,14-16H,7,12-13H2,1-6H3. The topological polar surface area (TPSA) is 38.2 Å². The van der Waals surface area contributed by atoms with Gasteiger partial charge in [-0.3, -0.25) is 0 Å². The van der Waals surface area contributed by atoms with Gasteiger partial charge in [0.05, 0.1) is 0 Å². The summed E-state index contributed by atoms with van der Waals surface area (Å²) in [4.78, 5) is 7.06. The molecule has 5 heteroatoms. The van der Waals surface area contributed by atoms with Gasteiger partial charge in [0.15, 0.2) is 5.82 Å². The molecule has 0 fully saturated rings. The highest BCUT2D eigenvalue weighted by atomic mass is 32.1. The van der Waals surface area contributed by atoms with E-state index in [2.05, 4.69) is 80.1 Å². The SMILES string of the molecule is CCN(CCc1cc(C)c(Oc2nc(-c3ccc(C)cc3)ns2)cc1C)C(C)C. The van der Waals surface area contributed by atoms with Gasteiger partial charge in [-0.15, -0.1) is 0 Å². The number of benzene rings is 2. The molecular formula is C24H31N3OS. The molecule has 0 saturated heterocycles. The number of hydrogen-bond donors (Lipinski definition) is 0. The van der Waals surface area contributed by atoms with Crippen molar-refractivity contribution in [3.8, 4) is 22.3 Å². The van der Waals surface area contributed by atoms with E-state index in [1.54, 1.807) is 0 Å². The van der Waals surface area contributed by atoms with Gasteiger partial charge in [0.25, 0.3) is 5.19 Å². The lowest BCUT2D eigenvalue weighted by Crippen LogP contribution is -2.32. The van der Waals surface area contributed by atoms with E-state index in [4.69, 9.17) is 4.74 Å². The molecule has 0 spiro atoms. The zero-order valence-corrected chi connectivity index (χ0v) is 19.1. The average molecular weight is 410 g/mol. The number of aromatic nitrogens is 2. The van der Waals surface area contributed by atoms with Crippen LogP contribution in [0.4, 0.5) is 0 Å². The highest BCUT2D eigenvalue weighted by Crippen LogP contribution is 2.31. The predicted octanol–water partition coefficient (Wildman–Crippen LogP) is 6.20. The van der Waals surface area contributed by atoms with Crippen molar-refractivity contribution in [1.82, 2.24) is 14.3 Å². The first-order valence-electron chi connectivity index (χ1n) is 10.3. The second-order valence-corrected chi connectivity index (χ2v) is 8.58. The highest BCUT2D eigenvalue weighted by molar-refractivity contribution is 7.07. The van der Waals surface area contributed by atoms with Gasteiger partial charge >= 0.3 is 0 Å². The van der Waals surface area contributed by atoms with Crippen LogP contribution in [0.15, 0.2) is 36.4 Å². The average Bonchev–Trinajstić information content (AvgIpc) is 3.14. The molecule has 3 aromatic rings. The quantitative estimate of drug-likeness (QED) is 0.444. The molecule has 4 nitrogen and oxygen atoms in total. The molecule has 0 radical (unpaired) electrons. The molecule has 29 heavy (non-hydrogen) atoms. The van der Waals surface area contributed by atoms with E-state index < -0.39 is 0 Å². The van der Waals surface area contributed by atoms with Gasteiger partial charge in [0, 0.05) is 29.7 Å². The Balaban J connectivity index is 1.72. The van der Waals surface area contributed by atoms with Crippen molar-refractivity contribution in [3.63, 3.8) is 0 Å². The van der Waals surface area contributed by atoms with Crippen LogP contribution in [0.2, 0.25) is 0 Å². The maximum atomic E-state index is 6.09. The monoisotopic (exact) mass is 409 g/mol. The molecule has 3 rings (SSSR count). The lowest BCUT2D eigenvalue weighted by Gasteiger charge is -2.25. The fraction of sp³-hybridized carbons (Fsp3) is 0.417. The Bertz CT molecular complexity index is 947. The third-order valence-electron chi connectivity index (χ3n) is 5.35. The van der Waals surface area contributed by atoms with Crippen molar-refractivity contribution in [1.29, 1.82) is 0 Å². The van der Waals surface area contributed by atoms with Crippen LogP contribution in [-0.4, -0.2) is 33.4 Å². The van der Waals surface area contributed by atoms with Crippen molar-refractivity contribution in [3.05, 3.63) is 58.7 Å². The Labute approximate surface area is 178 Å². The summed E-state index contributed by atoms with van der Waals surface area (Å²) < 4.78 is 10.5. The minimum Gasteiger partial charge on any atom is -0.430 e. The fourth-order valence-corrected chi connectivity index (χ4v) is 4.00. The van der Waals surface area contributed by atoms with Gasteiger partial charge < -0.3 is 9.64 Å². The Hall–Kier alpha value is -2.24. The van der Waals surface area contributed by atoms with E-state index in [9.17, 15) is 0 Å². The predicted molar refractivity (Wildman–Crippen MR) is 122 cm³/mol. The van der Waals surface area contributed by atoms with Crippen LogP contribution in [0.1, 0.15) is 43.0 Å². The zero-order valence-electron chi connectivity index (χ0n) is 18.3. The summed E-state index contributed by atoms with van der Waals surface area (Å²) in [6.45, 7) is 15.2. The van der Waals surface area contributed by atoms with E-state index in [1.807, 2.05) is 12.1 Å². The molecule has 0 aliphatic heterocycles. The van der Waals surface area contributed by atoms with Crippen LogP contribution < -0.4 is 4.74 Å². The molecule has 0 atom stereocenters. The van der Waals surface area contributed by atoms with Crippen LogP contribution in [0, 0.1) is 20.8 Å². The Morgan fingerprint density at radius 2 is 1.76 bits per heavy atom. The van der Waals surface area contributed by atoms with Crippen LogP contribution >= 0.6 is 11.5 Å². The lowest BCUT2D eigenvalue weighted by molar-refractivity contribution is 0.236. The van der Waals surface area contributed by atoms with Crippen molar-refractivity contribution in [2.45, 2.75) is 54.0 Å². The van der Waals surface area contributed by atoms with E-state index in [0.717, 1.165) is 36.4 Å². The molecule has 0 saturated carbocycles. The summed E-state index contributed by atoms with van der Waals surface area (Å²) in [6.07, 6.45) is 1.05. The molecule has 1 heterocycles. The highest BCUT2D eigenvalue weighted by Gasteiger charge is 2.13. The fourth-order valence-electron chi connectivity index (χ4n) is 3.44. The first-order chi connectivity index (χ1) is 13.9. The van der Waals surface area contributed by atoms with Crippen LogP contribution in [0.25, 0.3) is 11.4 Å². The minimum atomic E-state index is 0.573. The first-order valence-corrected chi connectivity index (χ1v) is 11.1. The largest absolute Gasteiger partial charge is 0.430 e. The Morgan fingerprint density at radius 1 is 1.03 bits per heavy atom.